The van der Waals surface area contributed by atoms with Gasteiger partial charge in [0, 0.05) is 38.8 Å². The van der Waals surface area contributed by atoms with Crippen molar-refractivity contribution in [1.82, 2.24) is 9.88 Å². The van der Waals surface area contributed by atoms with E-state index in [0.717, 1.165) is 22.2 Å². The van der Waals surface area contributed by atoms with Crippen LogP contribution >= 0.6 is 45.8 Å². The number of alkyl halides is 1. The lowest BCUT2D eigenvalue weighted by atomic mass is 9.96. The van der Waals surface area contributed by atoms with Crippen molar-refractivity contribution in [2.24, 2.45) is 16.5 Å². The SMILES string of the molecule is CI.NC(N)=NCC1c2[nH]c3ccc(Cl)cc3c2CCN1C(=O)c1cccc(Cl)c1. The molecule has 9 heteroatoms. The van der Waals surface area contributed by atoms with Crippen molar-refractivity contribution in [3.63, 3.8) is 0 Å². The van der Waals surface area contributed by atoms with Crippen LogP contribution in [0.1, 0.15) is 27.7 Å². The summed E-state index contributed by atoms with van der Waals surface area (Å²) < 4.78 is 0. The van der Waals surface area contributed by atoms with Crippen LogP contribution in [-0.2, 0) is 6.42 Å². The Morgan fingerprint density at radius 1 is 1.20 bits per heavy atom. The molecule has 6 nitrogen and oxygen atoms in total. The zero-order chi connectivity index (χ0) is 21.8. The number of carbonyl (C=O) groups excluding carboxylic acids is 1. The molecule has 1 atom stereocenters. The van der Waals surface area contributed by atoms with Gasteiger partial charge in [0.15, 0.2) is 5.96 Å². The van der Waals surface area contributed by atoms with Crippen LogP contribution in [0.15, 0.2) is 47.5 Å². The summed E-state index contributed by atoms with van der Waals surface area (Å²) in [7, 11) is 0. The molecule has 3 aromatic rings. The highest BCUT2D eigenvalue weighted by molar-refractivity contribution is 14.1. The highest BCUT2D eigenvalue weighted by Crippen LogP contribution is 2.36. The lowest BCUT2D eigenvalue weighted by molar-refractivity contribution is 0.0665. The van der Waals surface area contributed by atoms with Crippen molar-refractivity contribution < 1.29 is 4.79 Å². The Hall–Kier alpha value is -1.97. The van der Waals surface area contributed by atoms with Crippen LogP contribution in [0.25, 0.3) is 10.9 Å². The second kappa shape index (κ2) is 9.89. The monoisotopic (exact) mass is 557 g/mol. The minimum Gasteiger partial charge on any atom is -0.370 e. The van der Waals surface area contributed by atoms with Gasteiger partial charge in [0.25, 0.3) is 5.91 Å². The third-order valence-corrected chi connectivity index (χ3v) is 5.46. The molecule has 158 valence electrons. The van der Waals surface area contributed by atoms with Crippen LogP contribution in [-0.4, -0.2) is 39.8 Å². The van der Waals surface area contributed by atoms with E-state index in [1.165, 1.54) is 0 Å². The molecule has 5 N–H and O–H groups in total. The standard InChI is InChI=1S/C20H19Cl2N5O.CH3I/c21-12-3-1-2-11(8-12)19(28)27-7-6-14-15-9-13(22)4-5-16(15)26-18(14)17(27)10-25-20(23)24;1-2/h1-5,8-9,17,26H,6-7,10H2,(H4,23,24,25);1H3. The number of benzene rings is 2. The van der Waals surface area contributed by atoms with Crippen molar-refractivity contribution in [2.45, 2.75) is 12.5 Å². The van der Waals surface area contributed by atoms with Crippen LogP contribution in [0.3, 0.4) is 0 Å². The summed E-state index contributed by atoms with van der Waals surface area (Å²) in [5.41, 5.74) is 14.7. The number of hydrogen-bond acceptors (Lipinski definition) is 2. The quantitative estimate of drug-likeness (QED) is 0.191. The first kappa shape index (κ1) is 22.7. The predicted octanol–water partition coefficient (Wildman–Crippen LogP) is 4.54. The molecule has 0 bridgehead atoms. The summed E-state index contributed by atoms with van der Waals surface area (Å²) in [5, 5.41) is 2.25. The predicted molar refractivity (Wildman–Crippen MR) is 133 cm³/mol. The lowest BCUT2D eigenvalue weighted by Crippen LogP contribution is -2.42. The Balaban J connectivity index is 0.00000124. The number of nitrogens with one attached hydrogen (secondary N) is 1. The molecule has 1 amide bonds. The maximum atomic E-state index is 13.2. The van der Waals surface area contributed by atoms with Crippen LogP contribution in [0, 0.1) is 0 Å². The van der Waals surface area contributed by atoms with Gasteiger partial charge in [-0.25, -0.2) is 0 Å². The topological polar surface area (TPSA) is 100 Å². The molecule has 0 spiro atoms. The van der Waals surface area contributed by atoms with Gasteiger partial charge < -0.3 is 21.4 Å². The number of aromatic nitrogens is 1. The number of halogens is 3. The number of hydrogen-bond donors (Lipinski definition) is 3. The molecule has 1 aromatic heterocycles. The van der Waals surface area contributed by atoms with Gasteiger partial charge in [-0.15, -0.1) is 0 Å². The number of carbonyl (C=O) groups is 1. The summed E-state index contributed by atoms with van der Waals surface area (Å²) in [6, 6.07) is 12.3. The number of amides is 1. The molecule has 0 saturated heterocycles. The fourth-order valence-corrected chi connectivity index (χ4v) is 4.11. The Bertz CT molecular complexity index is 1090. The minimum absolute atomic E-state index is 0.0126. The number of aliphatic imine (C=N–C) groups is 1. The van der Waals surface area contributed by atoms with Crippen molar-refractivity contribution >= 4 is 68.6 Å². The van der Waals surface area contributed by atoms with Crippen molar-refractivity contribution in [3.8, 4) is 0 Å². The lowest BCUT2D eigenvalue weighted by Gasteiger charge is -2.35. The molecule has 30 heavy (non-hydrogen) atoms. The molecule has 1 aliphatic heterocycles. The number of nitrogens with two attached hydrogens (primary N) is 2. The normalized spacial score (nSPS) is 15.2. The van der Waals surface area contributed by atoms with E-state index < -0.39 is 0 Å². The molecule has 4 rings (SSSR count). The fraction of sp³-hybridized carbons (Fsp3) is 0.238. The number of nitrogens with zero attached hydrogens (tertiary/aromatic N) is 2. The molecule has 0 radical (unpaired) electrons. The van der Waals surface area contributed by atoms with Crippen molar-refractivity contribution in [3.05, 3.63) is 69.3 Å². The van der Waals surface area contributed by atoms with Crippen LogP contribution in [0.5, 0.6) is 0 Å². The van der Waals surface area contributed by atoms with E-state index in [4.69, 9.17) is 34.7 Å². The maximum absolute atomic E-state index is 13.2. The van der Waals surface area contributed by atoms with Gasteiger partial charge in [-0.1, -0.05) is 51.9 Å². The molecule has 2 heterocycles. The van der Waals surface area contributed by atoms with Gasteiger partial charge >= 0.3 is 0 Å². The molecular formula is C21H22Cl2IN5O. The zero-order valence-electron chi connectivity index (χ0n) is 16.3. The number of H-pyrrole nitrogens is 1. The van der Waals surface area contributed by atoms with E-state index in [9.17, 15) is 4.79 Å². The fourth-order valence-electron chi connectivity index (χ4n) is 3.75. The first-order chi connectivity index (χ1) is 14.4. The Labute approximate surface area is 198 Å². The number of guanidine groups is 1. The van der Waals surface area contributed by atoms with Crippen LogP contribution in [0.2, 0.25) is 10.0 Å². The third-order valence-electron chi connectivity index (χ3n) is 4.99. The van der Waals surface area contributed by atoms with Gasteiger partial charge in [0.1, 0.15) is 0 Å². The first-order valence-corrected chi connectivity index (χ1v) is 12.1. The van der Waals surface area contributed by atoms with Gasteiger partial charge in [-0.05, 0) is 53.3 Å². The van der Waals surface area contributed by atoms with Gasteiger partial charge in [-0.2, -0.15) is 0 Å². The van der Waals surface area contributed by atoms with Gasteiger partial charge in [-0.3, -0.25) is 9.79 Å². The number of fused-ring (bicyclic) bond motifs is 3. The molecular weight excluding hydrogens is 536 g/mol. The molecule has 0 aliphatic carbocycles. The van der Waals surface area contributed by atoms with E-state index in [-0.39, 0.29) is 24.5 Å². The summed E-state index contributed by atoms with van der Waals surface area (Å²) in [6.07, 6.45) is 0.709. The van der Waals surface area contributed by atoms with Crippen LogP contribution in [0.4, 0.5) is 0 Å². The maximum Gasteiger partial charge on any atom is 0.254 e. The second-order valence-corrected chi connectivity index (χ2v) is 7.62. The average Bonchev–Trinajstić information content (AvgIpc) is 3.11. The second-order valence-electron chi connectivity index (χ2n) is 6.75. The summed E-state index contributed by atoms with van der Waals surface area (Å²) in [6.45, 7) is 0.810. The summed E-state index contributed by atoms with van der Waals surface area (Å²) in [5.74, 6) is -0.123. The molecule has 1 aliphatic rings. The van der Waals surface area contributed by atoms with Gasteiger partial charge in [0.05, 0.1) is 12.6 Å². The molecule has 0 fully saturated rings. The highest BCUT2D eigenvalue weighted by atomic mass is 127. The third kappa shape index (κ3) is 4.68. The first-order valence-electron chi connectivity index (χ1n) is 9.24. The highest BCUT2D eigenvalue weighted by Gasteiger charge is 2.33. The number of rotatable bonds is 3. The Morgan fingerprint density at radius 3 is 2.63 bits per heavy atom. The van der Waals surface area contributed by atoms with E-state index >= 15 is 0 Å². The van der Waals surface area contributed by atoms with E-state index in [0.29, 0.717) is 28.6 Å². The van der Waals surface area contributed by atoms with E-state index in [1.807, 2.05) is 23.1 Å². The van der Waals surface area contributed by atoms with Crippen molar-refractivity contribution in [2.75, 3.05) is 18.0 Å². The smallest absolute Gasteiger partial charge is 0.254 e. The minimum atomic E-state index is -0.316. The Morgan fingerprint density at radius 2 is 1.93 bits per heavy atom. The Kier molecular flexibility index (Phi) is 7.49. The largest absolute Gasteiger partial charge is 0.370 e. The zero-order valence-corrected chi connectivity index (χ0v) is 20.0. The van der Waals surface area contributed by atoms with E-state index in [2.05, 4.69) is 32.6 Å². The van der Waals surface area contributed by atoms with Gasteiger partial charge in [0.2, 0.25) is 0 Å². The number of aromatic amines is 1. The summed E-state index contributed by atoms with van der Waals surface area (Å²) >= 11 is 14.4. The summed E-state index contributed by atoms with van der Waals surface area (Å²) in [4.78, 5) is 24.6. The van der Waals surface area contributed by atoms with Crippen molar-refractivity contribution in [1.29, 1.82) is 0 Å². The molecule has 1 unspecified atom stereocenters. The van der Waals surface area contributed by atoms with E-state index in [1.54, 1.807) is 29.2 Å². The molecule has 2 aromatic carbocycles. The average molecular weight is 558 g/mol. The van der Waals surface area contributed by atoms with Crippen LogP contribution < -0.4 is 11.5 Å². The molecule has 0 saturated carbocycles.